The number of aliphatic hydroxyl groups excluding tert-OH is 2. The Kier molecular flexibility index (Phi) is 10.8. The van der Waals surface area contributed by atoms with Crippen LogP contribution in [0, 0.1) is 0 Å². The Morgan fingerprint density at radius 3 is 2.57 bits per heavy atom. The van der Waals surface area contributed by atoms with Gasteiger partial charge in [0.05, 0.1) is 37.9 Å². The smallest absolute Gasteiger partial charge is 0.245 e. The summed E-state index contributed by atoms with van der Waals surface area (Å²) in [4.78, 5) is 14.0. The molecule has 4 N–H and O–H groups in total. The number of aromatic nitrogens is 2. The fourth-order valence-electron chi connectivity index (χ4n) is 7.04. The standard InChI is InChI=1S/C33H44ClN7O5S/c1-46-30-20-24-18-25(40-14-12-39(13-15-40)16-17-42)7-4-6-23(24)19-29(30)37-33-35-21-27(34)32(38-33)36-28-9-2-3-10-31(28)47(44,45)41-11-5-8-26(41)22-43/h2-3,9-10,19-21,25-26,42-43H,4-8,11-18,22H2,1H3,(H2,35,36,37,38)/t25?,26-/m0/s1. The highest BCUT2D eigenvalue weighted by Gasteiger charge is 2.36. The fraction of sp³-hybridized carbons (Fsp3) is 0.515. The van der Waals surface area contributed by atoms with Crippen molar-refractivity contribution >= 4 is 44.8 Å². The van der Waals surface area contributed by atoms with Gasteiger partial charge in [0, 0.05) is 51.4 Å². The van der Waals surface area contributed by atoms with Gasteiger partial charge in [-0.2, -0.15) is 9.29 Å². The first kappa shape index (κ1) is 33.8. The molecule has 0 spiro atoms. The third kappa shape index (κ3) is 7.51. The van der Waals surface area contributed by atoms with Crippen molar-refractivity contribution in [3.63, 3.8) is 0 Å². The minimum Gasteiger partial charge on any atom is -0.495 e. The van der Waals surface area contributed by atoms with Crippen LogP contribution < -0.4 is 15.4 Å². The molecule has 3 heterocycles. The summed E-state index contributed by atoms with van der Waals surface area (Å²) in [5.41, 5.74) is 3.62. The number of sulfonamides is 1. The van der Waals surface area contributed by atoms with E-state index in [1.807, 2.05) is 0 Å². The highest BCUT2D eigenvalue weighted by molar-refractivity contribution is 7.89. The second kappa shape index (κ2) is 15.0. The summed E-state index contributed by atoms with van der Waals surface area (Å²) in [5, 5.41) is 25.7. The first-order valence-electron chi connectivity index (χ1n) is 16.4. The molecule has 0 bridgehead atoms. The second-order valence-corrected chi connectivity index (χ2v) is 14.7. The molecular weight excluding hydrogens is 642 g/mol. The molecule has 12 nitrogen and oxygen atoms in total. The lowest BCUT2D eigenvalue weighted by Gasteiger charge is -2.39. The molecule has 1 aliphatic carbocycles. The number of fused-ring (bicyclic) bond motifs is 1. The number of piperazine rings is 1. The Bertz CT molecular complexity index is 1650. The quantitative estimate of drug-likeness (QED) is 0.220. The first-order valence-corrected chi connectivity index (χ1v) is 18.2. The van der Waals surface area contributed by atoms with Gasteiger partial charge in [0.15, 0.2) is 5.82 Å². The first-order chi connectivity index (χ1) is 22.8. The SMILES string of the molecule is COc1cc2c(cc1Nc1ncc(Cl)c(Nc3ccccc3S(=O)(=O)N3CCC[C@H]3CO)n1)CCCC(N1CCN(CCO)CC1)C2. The van der Waals surface area contributed by atoms with E-state index in [0.29, 0.717) is 36.9 Å². The minimum atomic E-state index is -3.88. The lowest BCUT2D eigenvalue weighted by molar-refractivity contribution is 0.0805. The van der Waals surface area contributed by atoms with Crippen LogP contribution >= 0.6 is 11.6 Å². The van der Waals surface area contributed by atoms with E-state index in [1.165, 1.54) is 21.6 Å². The number of para-hydroxylation sites is 1. The van der Waals surface area contributed by atoms with E-state index in [9.17, 15) is 18.6 Å². The van der Waals surface area contributed by atoms with Gasteiger partial charge in [-0.05, 0) is 73.9 Å². The highest BCUT2D eigenvalue weighted by atomic mass is 35.5. The molecule has 2 aromatic carbocycles. The summed E-state index contributed by atoms with van der Waals surface area (Å²) in [6.07, 6.45) is 6.92. The predicted octanol–water partition coefficient (Wildman–Crippen LogP) is 3.63. The van der Waals surface area contributed by atoms with Crippen molar-refractivity contribution in [2.24, 2.45) is 0 Å². The van der Waals surface area contributed by atoms with Crippen molar-refractivity contribution in [1.29, 1.82) is 0 Å². The highest BCUT2D eigenvalue weighted by Crippen LogP contribution is 2.36. The van der Waals surface area contributed by atoms with Gasteiger partial charge in [0.2, 0.25) is 16.0 Å². The monoisotopic (exact) mass is 685 g/mol. The zero-order chi connectivity index (χ0) is 33.0. The number of benzene rings is 2. The van der Waals surface area contributed by atoms with Crippen molar-refractivity contribution in [3.8, 4) is 5.75 Å². The molecule has 2 aliphatic heterocycles. The van der Waals surface area contributed by atoms with Crippen LogP contribution in [0.5, 0.6) is 5.75 Å². The topological polar surface area (TPSA) is 143 Å². The second-order valence-electron chi connectivity index (χ2n) is 12.4. The van der Waals surface area contributed by atoms with Gasteiger partial charge >= 0.3 is 0 Å². The van der Waals surface area contributed by atoms with Crippen LogP contribution in [-0.2, 0) is 22.9 Å². The summed E-state index contributed by atoms with van der Waals surface area (Å²) in [6.45, 7) is 5.07. The molecule has 47 heavy (non-hydrogen) atoms. The number of β-amino-alcohol motifs (C(OH)–C–C–N with tert-alkyl or cyclic N) is 1. The van der Waals surface area contributed by atoms with Crippen molar-refractivity contribution in [2.75, 3.05) is 70.2 Å². The summed E-state index contributed by atoms with van der Waals surface area (Å²) >= 11 is 6.51. The molecule has 3 aromatic rings. The average molecular weight is 686 g/mol. The zero-order valence-corrected chi connectivity index (χ0v) is 28.3. The summed E-state index contributed by atoms with van der Waals surface area (Å²) in [5.74, 6) is 1.22. The molecule has 2 saturated heterocycles. The maximum absolute atomic E-state index is 13.6. The minimum absolute atomic E-state index is 0.0855. The van der Waals surface area contributed by atoms with Gasteiger partial charge in [-0.25, -0.2) is 13.4 Å². The van der Waals surface area contributed by atoms with E-state index in [1.54, 1.807) is 31.4 Å². The van der Waals surface area contributed by atoms with Crippen LogP contribution in [0.15, 0.2) is 47.5 Å². The molecule has 2 fully saturated rings. The number of anilines is 4. The normalized spacial score (nSPS) is 21.3. The lowest BCUT2D eigenvalue weighted by atomic mass is 9.99. The molecule has 0 amide bonds. The molecular formula is C33H44ClN7O5S. The van der Waals surface area contributed by atoms with Gasteiger partial charge in [-0.1, -0.05) is 23.7 Å². The van der Waals surface area contributed by atoms with Crippen LogP contribution in [0.1, 0.15) is 36.8 Å². The van der Waals surface area contributed by atoms with E-state index in [0.717, 1.165) is 64.1 Å². The fourth-order valence-corrected chi connectivity index (χ4v) is 9.01. The predicted molar refractivity (Wildman–Crippen MR) is 183 cm³/mol. The maximum Gasteiger partial charge on any atom is 0.245 e. The molecule has 1 unspecified atom stereocenters. The van der Waals surface area contributed by atoms with E-state index in [2.05, 4.69) is 42.5 Å². The Hall–Kier alpha value is -3.04. The lowest BCUT2D eigenvalue weighted by Crippen LogP contribution is -2.51. The van der Waals surface area contributed by atoms with E-state index in [4.69, 9.17) is 16.3 Å². The van der Waals surface area contributed by atoms with Gasteiger partial charge < -0.3 is 25.6 Å². The molecule has 1 aromatic heterocycles. The molecule has 2 atom stereocenters. The Balaban J connectivity index is 1.20. The number of hydrogen-bond donors (Lipinski definition) is 4. The average Bonchev–Trinajstić information content (AvgIpc) is 3.48. The van der Waals surface area contributed by atoms with Crippen LogP contribution in [0.2, 0.25) is 5.02 Å². The summed E-state index contributed by atoms with van der Waals surface area (Å²) in [7, 11) is -2.23. The Morgan fingerprint density at radius 2 is 1.81 bits per heavy atom. The van der Waals surface area contributed by atoms with E-state index in [-0.39, 0.29) is 34.9 Å². The number of nitrogens with one attached hydrogen (secondary N) is 2. The number of halogens is 1. The third-order valence-corrected chi connectivity index (χ3v) is 11.8. The number of ether oxygens (including phenoxy) is 1. The van der Waals surface area contributed by atoms with Crippen LogP contribution in [-0.4, -0.2) is 114 Å². The Labute approximate surface area is 281 Å². The molecule has 0 radical (unpaired) electrons. The van der Waals surface area contributed by atoms with Crippen LogP contribution in [0.4, 0.5) is 23.1 Å². The van der Waals surface area contributed by atoms with Crippen LogP contribution in [0.3, 0.4) is 0 Å². The van der Waals surface area contributed by atoms with Crippen molar-refractivity contribution in [2.45, 2.75) is 55.5 Å². The van der Waals surface area contributed by atoms with Crippen LogP contribution in [0.25, 0.3) is 0 Å². The summed E-state index contributed by atoms with van der Waals surface area (Å²) in [6, 6.07) is 10.9. The molecule has 254 valence electrons. The van der Waals surface area contributed by atoms with Crippen molar-refractivity contribution in [1.82, 2.24) is 24.1 Å². The zero-order valence-electron chi connectivity index (χ0n) is 26.7. The number of aryl methyl sites for hydroxylation is 1. The van der Waals surface area contributed by atoms with Gasteiger partial charge in [0.1, 0.15) is 15.7 Å². The van der Waals surface area contributed by atoms with Gasteiger partial charge in [0.25, 0.3) is 0 Å². The number of hydrogen-bond acceptors (Lipinski definition) is 11. The molecule has 6 rings (SSSR count). The number of methoxy groups -OCH3 is 1. The van der Waals surface area contributed by atoms with E-state index >= 15 is 0 Å². The van der Waals surface area contributed by atoms with Crippen molar-refractivity contribution < 1.29 is 23.4 Å². The molecule has 3 aliphatic rings. The van der Waals surface area contributed by atoms with Gasteiger partial charge in [-0.3, -0.25) is 9.80 Å². The maximum atomic E-state index is 13.6. The van der Waals surface area contributed by atoms with Gasteiger partial charge in [-0.15, -0.1) is 0 Å². The molecule has 14 heteroatoms. The number of rotatable bonds is 11. The third-order valence-electron chi connectivity index (χ3n) is 9.55. The number of aliphatic hydroxyl groups is 2. The van der Waals surface area contributed by atoms with Crippen molar-refractivity contribution in [3.05, 3.63) is 58.7 Å². The largest absolute Gasteiger partial charge is 0.495 e. The molecule has 0 saturated carbocycles. The summed E-state index contributed by atoms with van der Waals surface area (Å²) < 4.78 is 34.5. The van der Waals surface area contributed by atoms with E-state index < -0.39 is 16.1 Å². The Morgan fingerprint density at radius 1 is 1.00 bits per heavy atom. The number of nitrogens with zero attached hydrogens (tertiary/aromatic N) is 5.